The van der Waals surface area contributed by atoms with Crippen molar-refractivity contribution in [2.45, 2.75) is 0 Å². The summed E-state index contributed by atoms with van der Waals surface area (Å²) in [6, 6.07) is 84.4. The lowest BCUT2D eigenvalue weighted by Gasteiger charge is -2.28. The summed E-state index contributed by atoms with van der Waals surface area (Å²) in [7, 11) is 0. The van der Waals surface area contributed by atoms with E-state index in [1.165, 1.54) is 87.1 Å². The molecule has 0 radical (unpaired) electrons. The number of rotatable bonds is 6. The highest BCUT2D eigenvalue weighted by molar-refractivity contribution is 6.22. The number of anilines is 3. The maximum absolute atomic E-state index is 2.45. The van der Waals surface area contributed by atoms with Gasteiger partial charge in [0.1, 0.15) is 0 Å². The van der Waals surface area contributed by atoms with Crippen molar-refractivity contribution in [3.8, 4) is 27.9 Å². The smallest absolute Gasteiger partial charge is 0.0619 e. The van der Waals surface area contributed by atoms with E-state index in [1.54, 1.807) is 0 Å². The molecule has 0 amide bonds. The maximum Gasteiger partial charge on any atom is 0.0619 e. The van der Waals surface area contributed by atoms with E-state index in [1.807, 2.05) is 0 Å². The van der Waals surface area contributed by atoms with Gasteiger partial charge in [-0.1, -0.05) is 176 Å². The molecule has 280 valence electrons. The Balaban J connectivity index is 1.08. The molecule has 12 aromatic rings. The van der Waals surface area contributed by atoms with Crippen LogP contribution in [0, 0.1) is 0 Å². The van der Waals surface area contributed by atoms with Crippen molar-refractivity contribution in [1.82, 2.24) is 4.57 Å². The summed E-state index contributed by atoms with van der Waals surface area (Å²) < 4.78 is 2.45. The molecular weight excluding hydrogens is 725 g/mol. The molecule has 11 aromatic carbocycles. The van der Waals surface area contributed by atoms with E-state index >= 15 is 0 Å². The van der Waals surface area contributed by atoms with Gasteiger partial charge in [0.05, 0.1) is 16.7 Å². The number of aromatic nitrogens is 1. The van der Waals surface area contributed by atoms with Crippen LogP contribution in [0.25, 0.3) is 92.8 Å². The van der Waals surface area contributed by atoms with Gasteiger partial charge < -0.3 is 9.47 Å². The topological polar surface area (TPSA) is 8.17 Å². The number of para-hydroxylation sites is 1. The number of benzene rings is 11. The highest BCUT2D eigenvalue weighted by atomic mass is 15.1. The summed E-state index contributed by atoms with van der Waals surface area (Å²) in [5, 5.41) is 12.4. The lowest BCUT2D eigenvalue weighted by molar-refractivity contribution is 1.19. The summed E-state index contributed by atoms with van der Waals surface area (Å²) in [5.74, 6) is 0. The van der Waals surface area contributed by atoms with Gasteiger partial charge in [-0.3, -0.25) is 0 Å². The quantitative estimate of drug-likeness (QED) is 0.153. The second-order valence-electron chi connectivity index (χ2n) is 15.7. The third kappa shape index (κ3) is 5.50. The number of hydrogen-bond acceptors (Lipinski definition) is 1. The Labute approximate surface area is 348 Å². The van der Waals surface area contributed by atoms with Crippen molar-refractivity contribution in [3.63, 3.8) is 0 Å². The predicted octanol–water partition coefficient (Wildman–Crippen LogP) is 16.2. The first-order valence-corrected chi connectivity index (χ1v) is 20.7. The summed E-state index contributed by atoms with van der Waals surface area (Å²) in [5.41, 5.74) is 11.7. The Kier molecular flexibility index (Phi) is 7.89. The molecule has 0 fully saturated rings. The van der Waals surface area contributed by atoms with Crippen molar-refractivity contribution in [2.24, 2.45) is 0 Å². The number of hydrogen-bond donors (Lipinski definition) is 0. The van der Waals surface area contributed by atoms with Crippen LogP contribution < -0.4 is 4.90 Å². The van der Waals surface area contributed by atoms with Gasteiger partial charge in [0.2, 0.25) is 0 Å². The van der Waals surface area contributed by atoms with Crippen LogP contribution in [0.4, 0.5) is 17.1 Å². The lowest BCUT2D eigenvalue weighted by atomic mass is 9.96. The van der Waals surface area contributed by atoms with E-state index < -0.39 is 0 Å². The Bertz CT molecular complexity index is 3600. The van der Waals surface area contributed by atoms with Gasteiger partial charge in [-0.05, 0) is 109 Å². The van der Waals surface area contributed by atoms with Gasteiger partial charge >= 0.3 is 0 Å². The minimum atomic E-state index is 1.10. The second kappa shape index (κ2) is 13.9. The first-order valence-electron chi connectivity index (χ1n) is 20.7. The average Bonchev–Trinajstić information content (AvgIpc) is 3.67. The van der Waals surface area contributed by atoms with Gasteiger partial charge in [0.25, 0.3) is 0 Å². The summed E-state index contributed by atoms with van der Waals surface area (Å²) in [6.07, 6.45) is 0. The Morgan fingerprint density at radius 2 is 0.967 bits per heavy atom. The molecule has 12 rings (SSSR count). The van der Waals surface area contributed by atoms with Crippen LogP contribution in [-0.4, -0.2) is 4.57 Å². The van der Waals surface area contributed by atoms with Crippen molar-refractivity contribution < 1.29 is 0 Å². The second-order valence-corrected chi connectivity index (χ2v) is 15.7. The van der Waals surface area contributed by atoms with Crippen LogP contribution in [0.3, 0.4) is 0 Å². The molecule has 60 heavy (non-hydrogen) atoms. The molecule has 0 bridgehead atoms. The Hall–Kier alpha value is -7.94. The van der Waals surface area contributed by atoms with Crippen molar-refractivity contribution in [2.75, 3.05) is 4.90 Å². The number of nitrogens with zero attached hydrogens (tertiary/aromatic N) is 2. The minimum absolute atomic E-state index is 1.10. The molecule has 0 spiro atoms. The van der Waals surface area contributed by atoms with Crippen LogP contribution in [0.1, 0.15) is 0 Å². The molecule has 0 atom stereocenters. The molecule has 0 aliphatic heterocycles. The third-order valence-electron chi connectivity index (χ3n) is 12.3. The molecule has 1 heterocycles. The summed E-state index contributed by atoms with van der Waals surface area (Å²) in [4.78, 5) is 2.45. The van der Waals surface area contributed by atoms with Gasteiger partial charge in [-0.15, -0.1) is 0 Å². The Morgan fingerprint density at radius 1 is 0.317 bits per heavy atom. The predicted molar refractivity (Wildman–Crippen MR) is 256 cm³/mol. The highest BCUT2D eigenvalue weighted by Crippen LogP contribution is 2.45. The van der Waals surface area contributed by atoms with Crippen molar-refractivity contribution >= 4 is 82.0 Å². The van der Waals surface area contributed by atoms with Crippen molar-refractivity contribution in [1.29, 1.82) is 0 Å². The van der Waals surface area contributed by atoms with E-state index in [-0.39, 0.29) is 0 Å². The van der Waals surface area contributed by atoms with E-state index in [0.717, 1.165) is 22.7 Å². The fourth-order valence-corrected chi connectivity index (χ4v) is 9.54. The molecule has 0 aliphatic carbocycles. The van der Waals surface area contributed by atoms with E-state index in [9.17, 15) is 0 Å². The molecule has 0 aliphatic rings. The normalized spacial score (nSPS) is 11.7. The molecule has 1 aromatic heterocycles. The minimum Gasteiger partial charge on any atom is -0.310 e. The van der Waals surface area contributed by atoms with Crippen LogP contribution in [-0.2, 0) is 0 Å². The summed E-state index contributed by atoms with van der Waals surface area (Å²) in [6.45, 7) is 0. The zero-order valence-corrected chi connectivity index (χ0v) is 32.8. The maximum atomic E-state index is 2.45. The largest absolute Gasteiger partial charge is 0.310 e. The van der Waals surface area contributed by atoms with Crippen LogP contribution in [0.15, 0.2) is 231 Å². The Morgan fingerprint density at radius 3 is 1.80 bits per heavy atom. The molecule has 0 unspecified atom stereocenters. The van der Waals surface area contributed by atoms with Gasteiger partial charge in [0, 0.05) is 38.6 Å². The number of fused-ring (bicyclic) bond motifs is 9. The van der Waals surface area contributed by atoms with Gasteiger partial charge in [-0.2, -0.15) is 0 Å². The SMILES string of the molecule is c1ccc(-n2c3cccc(-c4cccc(N(c5ccc(-c6ccc7ccccc7c6)cc5)c5cc6ccccc6c6ccccc56)c4)c3c3ccc4ccccc4c32)cc1. The fourth-order valence-electron chi connectivity index (χ4n) is 9.54. The highest BCUT2D eigenvalue weighted by Gasteiger charge is 2.21. The molecule has 2 heteroatoms. The van der Waals surface area contributed by atoms with E-state index in [2.05, 4.69) is 240 Å². The van der Waals surface area contributed by atoms with Crippen LogP contribution in [0.2, 0.25) is 0 Å². The molecule has 0 saturated heterocycles. The van der Waals surface area contributed by atoms with Crippen molar-refractivity contribution in [3.05, 3.63) is 231 Å². The first kappa shape index (κ1) is 34.1. The molecular formula is C58H38N2. The average molecular weight is 763 g/mol. The monoisotopic (exact) mass is 762 g/mol. The zero-order valence-electron chi connectivity index (χ0n) is 32.8. The standard InChI is InChI=1S/C58H38N2/c1-2-19-46(20-3-1)60-55-27-13-26-50(57(55)54-35-32-41-15-6-9-23-51(41)58(54)60)44-18-12-21-48(37-44)59(56-38-45-17-7-8-22-49(45)52-24-10-11-25-53(52)56)47-33-30-40(31-34-47)43-29-28-39-14-4-5-16-42(39)36-43/h1-38H. The zero-order chi connectivity index (χ0) is 39.6. The van der Waals surface area contributed by atoms with Crippen LogP contribution in [0.5, 0.6) is 0 Å². The summed E-state index contributed by atoms with van der Waals surface area (Å²) >= 11 is 0. The van der Waals surface area contributed by atoms with Gasteiger partial charge in [-0.25, -0.2) is 0 Å². The van der Waals surface area contributed by atoms with Crippen LogP contribution >= 0.6 is 0 Å². The molecule has 2 nitrogen and oxygen atoms in total. The lowest BCUT2D eigenvalue weighted by Crippen LogP contribution is -2.11. The van der Waals surface area contributed by atoms with Gasteiger partial charge in [0.15, 0.2) is 0 Å². The van der Waals surface area contributed by atoms with E-state index in [4.69, 9.17) is 0 Å². The molecule has 0 N–H and O–H groups in total. The first-order chi connectivity index (χ1) is 29.8. The third-order valence-corrected chi connectivity index (χ3v) is 12.3. The molecule has 0 saturated carbocycles. The fraction of sp³-hybridized carbons (Fsp3) is 0. The van der Waals surface area contributed by atoms with E-state index in [0.29, 0.717) is 0 Å².